The van der Waals surface area contributed by atoms with Crippen molar-refractivity contribution in [1.82, 2.24) is 15.1 Å². The topological polar surface area (TPSA) is 44.8 Å². The number of hydrogen-bond acceptors (Lipinski definition) is 4. The van der Waals surface area contributed by atoms with Crippen LogP contribution in [0, 0.1) is 5.82 Å². The summed E-state index contributed by atoms with van der Waals surface area (Å²) in [5.41, 5.74) is 1.75. The highest BCUT2D eigenvalue weighted by atomic mass is 19.1. The minimum Gasteiger partial charge on any atom is -0.497 e. The molecule has 29 heavy (non-hydrogen) atoms. The summed E-state index contributed by atoms with van der Waals surface area (Å²) < 4.78 is 19.2. The van der Waals surface area contributed by atoms with Crippen LogP contribution in [-0.2, 0) is 11.3 Å². The van der Waals surface area contributed by atoms with E-state index in [1.807, 2.05) is 44.4 Å². The predicted molar refractivity (Wildman–Crippen MR) is 112 cm³/mol. The van der Waals surface area contributed by atoms with Crippen molar-refractivity contribution in [2.45, 2.75) is 31.5 Å². The maximum Gasteiger partial charge on any atom is 0.237 e. The molecular weight excluding hydrogens is 369 g/mol. The van der Waals surface area contributed by atoms with E-state index in [-0.39, 0.29) is 23.8 Å². The van der Waals surface area contributed by atoms with Crippen molar-refractivity contribution in [3.05, 3.63) is 65.5 Å². The normalized spacial score (nSPS) is 18.0. The van der Waals surface area contributed by atoms with Crippen LogP contribution in [0.25, 0.3) is 0 Å². The number of methoxy groups -OCH3 is 1. The van der Waals surface area contributed by atoms with Crippen molar-refractivity contribution in [3.63, 3.8) is 0 Å². The monoisotopic (exact) mass is 399 g/mol. The van der Waals surface area contributed by atoms with E-state index in [1.165, 1.54) is 6.07 Å². The standard InChI is InChI=1S/C23H30FN3O2/c1-26(2)22(17-10-12-19(29-3)13-11-17)15-25-23(28)21-9-6-14-27(21)16-18-7-4-5-8-20(18)24/h4-5,7-8,10-13,21-22H,6,9,14-16H2,1-3H3,(H,25,28). The molecule has 0 aromatic heterocycles. The third-order valence-electron chi connectivity index (χ3n) is 5.59. The number of hydrogen-bond donors (Lipinski definition) is 1. The average molecular weight is 400 g/mol. The number of nitrogens with zero attached hydrogens (tertiary/aromatic N) is 2. The maximum absolute atomic E-state index is 14.0. The lowest BCUT2D eigenvalue weighted by atomic mass is 10.1. The Morgan fingerprint density at radius 3 is 2.62 bits per heavy atom. The van der Waals surface area contributed by atoms with Gasteiger partial charge in [-0.25, -0.2) is 4.39 Å². The molecule has 156 valence electrons. The van der Waals surface area contributed by atoms with E-state index < -0.39 is 0 Å². The van der Waals surface area contributed by atoms with Crippen molar-refractivity contribution < 1.29 is 13.9 Å². The van der Waals surface area contributed by atoms with E-state index in [4.69, 9.17) is 4.74 Å². The minimum absolute atomic E-state index is 0.0131. The van der Waals surface area contributed by atoms with Gasteiger partial charge in [0.05, 0.1) is 19.2 Å². The Balaban J connectivity index is 1.62. The highest BCUT2D eigenvalue weighted by molar-refractivity contribution is 5.82. The third-order valence-corrected chi connectivity index (χ3v) is 5.59. The van der Waals surface area contributed by atoms with Gasteiger partial charge in [-0.1, -0.05) is 30.3 Å². The Labute approximate surface area is 172 Å². The van der Waals surface area contributed by atoms with Crippen molar-refractivity contribution in [1.29, 1.82) is 0 Å². The first kappa shape index (κ1) is 21.3. The minimum atomic E-state index is -0.217. The fraction of sp³-hybridized carbons (Fsp3) is 0.435. The van der Waals surface area contributed by atoms with Crippen LogP contribution in [0.5, 0.6) is 5.75 Å². The van der Waals surface area contributed by atoms with E-state index >= 15 is 0 Å². The van der Waals surface area contributed by atoms with Gasteiger partial charge in [0.25, 0.3) is 0 Å². The van der Waals surface area contributed by atoms with Crippen LogP contribution in [0.1, 0.15) is 30.0 Å². The molecule has 6 heteroatoms. The van der Waals surface area contributed by atoms with Gasteiger partial charge in [0, 0.05) is 18.7 Å². The summed E-state index contributed by atoms with van der Waals surface area (Å²) in [6.45, 7) is 1.78. The molecule has 1 aliphatic rings. The lowest BCUT2D eigenvalue weighted by Gasteiger charge is -2.28. The van der Waals surface area contributed by atoms with E-state index in [9.17, 15) is 9.18 Å². The van der Waals surface area contributed by atoms with Crippen LogP contribution >= 0.6 is 0 Å². The van der Waals surface area contributed by atoms with Crippen molar-refractivity contribution >= 4 is 5.91 Å². The Kier molecular flexibility index (Phi) is 7.23. The zero-order chi connectivity index (χ0) is 20.8. The Hall–Kier alpha value is -2.44. The quantitative estimate of drug-likeness (QED) is 0.740. The number of ether oxygens (including phenoxy) is 1. The van der Waals surface area contributed by atoms with Gasteiger partial charge < -0.3 is 15.0 Å². The van der Waals surface area contributed by atoms with Crippen molar-refractivity contribution in [2.75, 3.05) is 34.3 Å². The molecule has 0 saturated carbocycles. The number of likely N-dealkylation sites (tertiary alicyclic amines) is 1. The Bertz CT molecular complexity index is 810. The van der Waals surface area contributed by atoms with Gasteiger partial charge >= 0.3 is 0 Å². The number of likely N-dealkylation sites (N-methyl/N-ethyl adjacent to an activating group) is 1. The lowest BCUT2D eigenvalue weighted by Crippen LogP contribution is -2.45. The van der Waals surface area contributed by atoms with Gasteiger partial charge in [-0.3, -0.25) is 9.69 Å². The molecule has 0 aliphatic carbocycles. The van der Waals surface area contributed by atoms with E-state index in [2.05, 4.69) is 15.1 Å². The Morgan fingerprint density at radius 1 is 1.24 bits per heavy atom. The fourth-order valence-electron chi connectivity index (χ4n) is 3.90. The fourth-order valence-corrected chi connectivity index (χ4v) is 3.90. The summed E-state index contributed by atoms with van der Waals surface area (Å²) in [6, 6.07) is 14.5. The second-order valence-electron chi connectivity index (χ2n) is 7.72. The first-order valence-electron chi connectivity index (χ1n) is 10.0. The van der Waals surface area contributed by atoms with Crippen molar-refractivity contribution in [2.24, 2.45) is 0 Å². The SMILES string of the molecule is COc1ccc(C(CNC(=O)C2CCCN2Cc2ccccc2F)N(C)C)cc1. The highest BCUT2D eigenvalue weighted by Crippen LogP contribution is 2.23. The summed E-state index contributed by atoms with van der Waals surface area (Å²) in [5.74, 6) is 0.606. The average Bonchev–Trinajstić information content (AvgIpc) is 3.18. The molecule has 0 bridgehead atoms. The number of carbonyl (C=O) groups is 1. The molecular formula is C23H30FN3O2. The van der Waals surface area contributed by atoms with Gasteiger partial charge in [0.2, 0.25) is 5.91 Å². The summed E-state index contributed by atoms with van der Waals surface area (Å²) in [5, 5.41) is 3.12. The van der Waals surface area contributed by atoms with Gasteiger partial charge in [-0.2, -0.15) is 0 Å². The number of halogens is 1. The van der Waals surface area contributed by atoms with E-state index in [0.29, 0.717) is 18.7 Å². The van der Waals surface area contributed by atoms with Gasteiger partial charge in [-0.15, -0.1) is 0 Å². The molecule has 1 N–H and O–H groups in total. The zero-order valence-corrected chi connectivity index (χ0v) is 17.4. The molecule has 1 aliphatic heterocycles. The highest BCUT2D eigenvalue weighted by Gasteiger charge is 2.31. The zero-order valence-electron chi connectivity index (χ0n) is 17.4. The second-order valence-corrected chi connectivity index (χ2v) is 7.72. The number of rotatable bonds is 8. The molecule has 1 heterocycles. The molecule has 2 aromatic rings. The number of amides is 1. The number of carbonyl (C=O) groups excluding carboxylic acids is 1. The molecule has 3 rings (SSSR count). The third kappa shape index (κ3) is 5.34. The summed E-state index contributed by atoms with van der Waals surface area (Å²) in [4.78, 5) is 17.1. The van der Waals surface area contributed by atoms with Gasteiger partial charge in [0.15, 0.2) is 0 Å². The first-order valence-corrected chi connectivity index (χ1v) is 10.0. The van der Waals surface area contributed by atoms with Crippen LogP contribution < -0.4 is 10.1 Å². The predicted octanol–water partition coefficient (Wildman–Crippen LogP) is 3.22. The van der Waals surface area contributed by atoms with E-state index in [1.54, 1.807) is 19.2 Å². The molecule has 1 saturated heterocycles. The molecule has 0 radical (unpaired) electrons. The number of nitrogens with one attached hydrogen (secondary N) is 1. The van der Waals surface area contributed by atoms with Crippen LogP contribution in [0.15, 0.2) is 48.5 Å². The largest absolute Gasteiger partial charge is 0.497 e. The van der Waals surface area contributed by atoms with Gasteiger partial charge in [-0.05, 0) is 57.2 Å². The van der Waals surface area contributed by atoms with Gasteiger partial charge in [0.1, 0.15) is 11.6 Å². The first-order chi connectivity index (χ1) is 14.0. The molecule has 1 fully saturated rings. The molecule has 2 atom stereocenters. The molecule has 5 nitrogen and oxygen atoms in total. The molecule has 2 aromatic carbocycles. The van der Waals surface area contributed by atoms with E-state index in [0.717, 1.165) is 30.7 Å². The number of benzene rings is 2. The second kappa shape index (κ2) is 9.85. The smallest absolute Gasteiger partial charge is 0.237 e. The summed E-state index contributed by atoms with van der Waals surface area (Å²) in [6.07, 6.45) is 1.75. The van der Waals surface area contributed by atoms with Crippen LogP contribution in [0.2, 0.25) is 0 Å². The summed E-state index contributed by atoms with van der Waals surface area (Å²) in [7, 11) is 5.65. The summed E-state index contributed by atoms with van der Waals surface area (Å²) >= 11 is 0. The van der Waals surface area contributed by atoms with Crippen molar-refractivity contribution in [3.8, 4) is 5.75 Å². The molecule has 0 spiro atoms. The molecule has 1 amide bonds. The van der Waals surface area contributed by atoms with Crippen LogP contribution in [-0.4, -0.2) is 56.0 Å². The van der Waals surface area contributed by atoms with Crippen LogP contribution in [0.3, 0.4) is 0 Å². The lowest BCUT2D eigenvalue weighted by molar-refractivity contribution is -0.125. The Morgan fingerprint density at radius 2 is 1.97 bits per heavy atom. The maximum atomic E-state index is 14.0. The molecule has 2 unspecified atom stereocenters. The van der Waals surface area contributed by atoms with Crippen LogP contribution in [0.4, 0.5) is 4.39 Å².